The van der Waals surface area contributed by atoms with Gasteiger partial charge in [0, 0.05) is 0 Å². The molecule has 3 heteroatoms. The van der Waals surface area contributed by atoms with Crippen LogP contribution in [0, 0.1) is 0 Å². The molecule has 0 saturated carbocycles. The standard InChI is InChI=1S/C12H26O2Si/c1-7-11(8-9-13)10-14-15(5,6)12(2,3)4/h8,13H,7,9-10H2,1-6H3/b11-8+. The Morgan fingerprint density at radius 2 is 1.87 bits per heavy atom. The van der Waals surface area contributed by atoms with Gasteiger partial charge in [-0.2, -0.15) is 0 Å². The van der Waals surface area contributed by atoms with E-state index in [1.54, 1.807) is 0 Å². The van der Waals surface area contributed by atoms with Gasteiger partial charge in [0.05, 0.1) is 13.2 Å². The molecule has 0 atom stereocenters. The first-order valence-corrected chi connectivity index (χ1v) is 8.58. The van der Waals surface area contributed by atoms with Crippen LogP contribution >= 0.6 is 0 Å². The van der Waals surface area contributed by atoms with Gasteiger partial charge >= 0.3 is 0 Å². The molecule has 0 aliphatic heterocycles. The van der Waals surface area contributed by atoms with Crippen LogP contribution in [-0.4, -0.2) is 26.6 Å². The van der Waals surface area contributed by atoms with Crippen molar-refractivity contribution in [3.8, 4) is 0 Å². The minimum atomic E-state index is -1.64. The topological polar surface area (TPSA) is 29.5 Å². The van der Waals surface area contributed by atoms with Crippen LogP contribution in [0.3, 0.4) is 0 Å². The molecule has 0 aliphatic carbocycles. The molecule has 0 bridgehead atoms. The summed E-state index contributed by atoms with van der Waals surface area (Å²) in [4.78, 5) is 0. The summed E-state index contributed by atoms with van der Waals surface area (Å²) in [5, 5.41) is 9.09. The van der Waals surface area contributed by atoms with E-state index in [0.29, 0.717) is 6.61 Å². The van der Waals surface area contributed by atoms with Crippen molar-refractivity contribution < 1.29 is 9.53 Å². The normalized spacial score (nSPS) is 14.5. The second-order valence-corrected chi connectivity index (χ2v) is 10.3. The molecule has 2 nitrogen and oxygen atoms in total. The zero-order valence-corrected chi connectivity index (χ0v) is 12.1. The predicted molar refractivity (Wildman–Crippen MR) is 68.6 cm³/mol. The Hall–Kier alpha value is -0.123. The molecule has 0 amide bonds. The van der Waals surface area contributed by atoms with E-state index in [1.165, 1.54) is 5.57 Å². The molecule has 0 spiro atoms. The largest absolute Gasteiger partial charge is 0.413 e. The Kier molecular flexibility index (Phi) is 5.78. The molecule has 0 aliphatic rings. The minimum absolute atomic E-state index is 0.115. The Labute approximate surface area is 95.5 Å². The van der Waals surface area contributed by atoms with E-state index >= 15 is 0 Å². The first-order valence-electron chi connectivity index (χ1n) is 5.67. The van der Waals surface area contributed by atoms with E-state index in [9.17, 15) is 0 Å². The second kappa shape index (κ2) is 5.82. The summed E-state index contributed by atoms with van der Waals surface area (Å²) >= 11 is 0. The highest BCUT2D eigenvalue weighted by molar-refractivity contribution is 6.74. The van der Waals surface area contributed by atoms with Gasteiger partial charge in [-0.05, 0) is 30.1 Å². The number of aliphatic hydroxyl groups excluding tert-OH is 1. The van der Waals surface area contributed by atoms with Gasteiger partial charge in [0.25, 0.3) is 0 Å². The lowest BCUT2D eigenvalue weighted by Crippen LogP contribution is -2.41. The van der Waals surface area contributed by atoms with Crippen molar-refractivity contribution >= 4 is 8.32 Å². The van der Waals surface area contributed by atoms with Crippen molar-refractivity contribution in [1.82, 2.24) is 0 Å². The molecule has 0 unspecified atom stereocenters. The van der Waals surface area contributed by atoms with Gasteiger partial charge in [-0.3, -0.25) is 0 Å². The van der Waals surface area contributed by atoms with Crippen molar-refractivity contribution in [2.75, 3.05) is 13.2 Å². The maximum Gasteiger partial charge on any atom is 0.192 e. The third-order valence-electron chi connectivity index (χ3n) is 3.26. The smallest absolute Gasteiger partial charge is 0.192 e. The molecule has 15 heavy (non-hydrogen) atoms. The summed E-state index contributed by atoms with van der Waals surface area (Å²) in [6.45, 7) is 14.1. The van der Waals surface area contributed by atoms with E-state index in [0.717, 1.165) is 6.42 Å². The van der Waals surface area contributed by atoms with Crippen molar-refractivity contribution in [2.45, 2.75) is 52.2 Å². The highest BCUT2D eigenvalue weighted by Crippen LogP contribution is 2.36. The Bertz CT molecular complexity index is 214. The highest BCUT2D eigenvalue weighted by atomic mass is 28.4. The second-order valence-electron chi connectivity index (χ2n) is 5.45. The van der Waals surface area contributed by atoms with E-state index in [4.69, 9.17) is 9.53 Å². The maximum atomic E-state index is 8.84. The third kappa shape index (κ3) is 4.95. The van der Waals surface area contributed by atoms with Crippen LogP contribution in [0.25, 0.3) is 0 Å². The fourth-order valence-electron chi connectivity index (χ4n) is 0.924. The Morgan fingerprint density at radius 3 is 2.20 bits per heavy atom. The first kappa shape index (κ1) is 14.9. The van der Waals surface area contributed by atoms with E-state index in [1.807, 2.05) is 6.08 Å². The molecule has 0 radical (unpaired) electrons. The SMILES string of the molecule is CC/C(=C\CO)CO[Si](C)(C)C(C)(C)C. The van der Waals surface area contributed by atoms with Crippen LogP contribution in [0.1, 0.15) is 34.1 Å². The van der Waals surface area contributed by atoms with E-state index in [2.05, 4.69) is 40.8 Å². The van der Waals surface area contributed by atoms with E-state index in [-0.39, 0.29) is 11.6 Å². The van der Waals surface area contributed by atoms with Crippen LogP contribution in [0.4, 0.5) is 0 Å². The number of rotatable bonds is 5. The lowest BCUT2D eigenvalue weighted by Gasteiger charge is -2.36. The monoisotopic (exact) mass is 230 g/mol. The first-order chi connectivity index (χ1) is 6.74. The van der Waals surface area contributed by atoms with Gasteiger partial charge in [0.2, 0.25) is 0 Å². The van der Waals surface area contributed by atoms with Crippen LogP contribution in [0.2, 0.25) is 18.1 Å². The van der Waals surface area contributed by atoms with Gasteiger partial charge in [-0.25, -0.2) is 0 Å². The fraction of sp³-hybridized carbons (Fsp3) is 0.833. The molecule has 1 N–H and O–H groups in total. The maximum absolute atomic E-state index is 8.84. The van der Waals surface area contributed by atoms with Gasteiger partial charge in [-0.15, -0.1) is 0 Å². The summed E-state index contributed by atoms with van der Waals surface area (Å²) in [6.07, 6.45) is 2.81. The molecular formula is C12H26O2Si. The number of hydrogen-bond donors (Lipinski definition) is 1. The molecule has 0 aromatic carbocycles. The Balaban J connectivity index is 4.31. The minimum Gasteiger partial charge on any atom is -0.413 e. The predicted octanol–water partition coefficient (Wildman–Crippen LogP) is 3.34. The van der Waals surface area contributed by atoms with Crippen molar-refractivity contribution in [3.63, 3.8) is 0 Å². The van der Waals surface area contributed by atoms with Crippen molar-refractivity contribution in [2.24, 2.45) is 0 Å². The van der Waals surface area contributed by atoms with Gasteiger partial charge in [0.1, 0.15) is 0 Å². The lowest BCUT2D eigenvalue weighted by atomic mass is 10.2. The third-order valence-corrected chi connectivity index (χ3v) is 7.74. The molecule has 0 heterocycles. The number of hydrogen-bond acceptors (Lipinski definition) is 2. The van der Waals surface area contributed by atoms with Gasteiger partial charge < -0.3 is 9.53 Å². The zero-order chi connectivity index (χ0) is 12.1. The molecule has 90 valence electrons. The van der Waals surface area contributed by atoms with Crippen LogP contribution in [0.5, 0.6) is 0 Å². The molecule has 0 fully saturated rings. The van der Waals surface area contributed by atoms with Crippen LogP contribution in [0.15, 0.2) is 11.6 Å². The Morgan fingerprint density at radius 1 is 1.33 bits per heavy atom. The van der Waals surface area contributed by atoms with Crippen LogP contribution in [-0.2, 0) is 4.43 Å². The summed E-state index contributed by atoms with van der Waals surface area (Å²) < 4.78 is 6.06. The number of aliphatic hydroxyl groups is 1. The quantitative estimate of drug-likeness (QED) is 0.580. The van der Waals surface area contributed by atoms with Crippen molar-refractivity contribution in [3.05, 3.63) is 11.6 Å². The summed E-state index contributed by atoms with van der Waals surface area (Å²) in [5.74, 6) is 0. The average molecular weight is 230 g/mol. The summed E-state index contributed by atoms with van der Waals surface area (Å²) in [6, 6.07) is 0. The van der Waals surface area contributed by atoms with Crippen LogP contribution < -0.4 is 0 Å². The fourth-order valence-corrected chi connectivity index (χ4v) is 1.90. The summed E-state index contributed by atoms with van der Waals surface area (Å²) in [7, 11) is -1.64. The molecule has 0 saturated heterocycles. The average Bonchev–Trinajstić information content (AvgIpc) is 2.10. The zero-order valence-electron chi connectivity index (χ0n) is 11.1. The van der Waals surface area contributed by atoms with Gasteiger partial charge in [-0.1, -0.05) is 33.8 Å². The molecule has 0 aromatic heterocycles. The van der Waals surface area contributed by atoms with Crippen molar-refractivity contribution in [1.29, 1.82) is 0 Å². The molecule has 0 aromatic rings. The highest BCUT2D eigenvalue weighted by Gasteiger charge is 2.36. The molecular weight excluding hydrogens is 204 g/mol. The van der Waals surface area contributed by atoms with Gasteiger partial charge in [0.15, 0.2) is 8.32 Å². The molecule has 0 rings (SSSR count). The summed E-state index contributed by atoms with van der Waals surface area (Å²) in [5.41, 5.74) is 1.20. The lowest BCUT2D eigenvalue weighted by molar-refractivity contribution is 0.308. The van der Waals surface area contributed by atoms with E-state index < -0.39 is 8.32 Å².